The fourth-order valence-corrected chi connectivity index (χ4v) is 1.15. The number of aromatic carboxylic acids is 1. The molecule has 4 heteroatoms. The third kappa shape index (κ3) is 2.76. The Morgan fingerprint density at radius 2 is 2.25 bits per heavy atom. The Hall–Kier alpha value is -1.97. The number of carboxylic acids is 1. The molecule has 16 heavy (non-hydrogen) atoms. The Kier molecular flexibility index (Phi) is 3.94. The highest BCUT2D eigenvalue weighted by Gasteiger charge is 2.13. The van der Waals surface area contributed by atoms with Gasteiger partial charge in [-0.1, -0.05) is 12.7 Å². The molecule has 0 aliphatic carbocycles. The predicted molar refractivity (Wildman–Crippen MR) is 60.2 cm³/mol. The van der Waals surface area contributed by atoms with E-state index < -0.39 is 5.97 Å². The summed E-state index contributed by atoms with van der Waals surface area (Å²) in [4.78, 5) is 11.0. The Morgan fingerprint density at radius 1 is 1.56 bits per heavy atom. The first kappa shape index (κ1) is 12.1. The number of rotatable bonds is 5. The van der Waals surface area contributed by atoms with Crippen molar-refractivity contribution in [1.82, 2.24) is 0 Å². The van der Waals surface area contributed by atoms with E-state index in [0.29, 0.717) is 11.5 Å². The van der Waals surface area contributed by atoms with Crippen LogP contribution in [0.3, 0.4) is 0 Å². The van der Waals surface area contributed by atoms with Crippen molar-refractivity contribution < 1.29 is 19.4 Å². The van der Waals surface area contributed by atoms with Crippen molar-refractivity contribution in [3.63, 3.8) is 0 Å². The lowest BCUT2D eigenvalue weighted by atomic mass is 10.2. The van der Waals surface area contributed by atoms with E-state index in [-0.39, 0.29) is 11.7 Å². The largest absolute Gasteiger partial charge is 0.497 e. The van der Waals surface area contributed by atoms with E-state index in [0.717, 1.165) is 0 Å². The normalized spacial score (nSPS) is 11.6. The second kappa shape index (κ2) is 5.21. The highest BCUT2D eigenvalue weighted by Crippen LogP contribution is 2.25. The van der Waals surface area contributed by atoms with Crippen molar-refractivity contribution in [1.29, 1.82) is 0 Å². The third-order valence-corrected chi connectivity index (χ3v) is 2.06. The molecule has 1 atom stereocenters. The van der Waals surface area contributed by atoms with E-state index in [1.165, 1.54) is 13.2 Å². The fraction of sp³-hybridized carbons (Fsp3) is 0.250. The summed E-state index contributed by atoms with van der Waals surface area (Å²) in [6.07, 6.45) is 1.35. The van der Waals surface area contributed by atoms with Gasteiger partial charge in [-0.15, -0.1) is 0 Å². The van der Waals surface area contributed by atoms with Gasteiger partial charge in [-0.2, -0.15) is 0 Å². The minimum Gasteiger partial charge on any atom is -0.497 e. The number of ether oxygens (including phenoxy) is 2. The van der Waals surface area contributed by atoms with Gasteiger partial charge in [0.15, 0.2) is 0 Å². The summed E-state index contributed by atoms with van der Waals surface area (Å²) in [7, 11) is 1.48. The number of hydrogen-bond donors (Lipinski definition) is 1. The molecule has 0 fully saturated rings. The summed E-state index contributed by atoms with van der Waals surface area (Å²) in [5, 5.41) is 9.01. The molecule has 0 heterocycles. The monoisotopic (exact) mass is 222 g/mol. The molecule has 1 aromatic rings. The molecule has 1 aromatic carbocycles. The molecule has 86 valence electrons. The lowest BCUT2D eigenvalue weighted by Crippen LogP contribution is -2.11. The highest BCUT2D eigenvalue weighted by molar-refractivity contribution is 5.91. The molecular weight excluding hydrogens is 208 g/mol. The molecule has 0 radical (unpaired) electrons. The summed E-state index contributed by atoms with van der Waals surface area (Å²) >= 11 is 0. The Labute approximate surface area is 94.1 Å². The first-order valence-corrected chi connectivity index (χ1v) is 4.79. The van der Waals surface area contributed by atoms with E-state index in [4.69, 9.17) is 14.6 Å². The van der Waals surface area contributed by atoms with E-state index in [1.54, 1.807) is 25.1 Å². The minimum absolute atomic E-state index is 0.0769. The molecule has 1 N–H and O–H groups in total. The molecule has 0 spiro atoms. The number of methoxy groups -OCH3 is 1. The number of carbonyl (C=O) groups is 1. The highest BCUT2D eigenvalue weighted by atomic mass is 16.5. The van der Waals surface area contributed by atoms with Crippen LogP contribution in [0.1, 0.15) is 17.3 Å². The molecule has 4 nitrogen and oxygen atoms in total. The lowest BCUT2D eigenvalue weighted by Gasteiger charge is -2.13. The Balaban J connectivity index is 3.07. The number of carboxylic acid groups (broad SMARTS) is 1. The van der Waals surface area contributed by atoms with Crippen LogP contribution < -0.4 is 9.47 Å². The summed E-state index contributed by atoms with van der Waals surface area (Å²) in [5.74, 6) is -0.262. The maximum absolute atomic E-state index is 11.0. The van der Waals surface area contributed by atoms with Gasteiger partial charge in [0, 0.05) is 0 Å². The standard InChI is InChI=1S/C12H14O4/c1-4-8(2)16-11-6-5-9(15-3)7-10(11)12(13)14/h4-8H,1H2,2-3H3,(H,13,14). The van der Waals surface area contributed by atoms with Crippen LogP contribution in [0.4, 0.5) is 0 Å². The van der Waals surface area contributed by atoms with Gasteiger partial charge in [0.25, 0.3) is 0 Å². The van der Waals surface area contributed by atoms with Gasteiger partial charge in [0.2, 0.25) is 0 Å². The SMILES string of the molecule is C=CC(C)Oc1ccc(OC)cc1C(=O)O. The van der Waals surface area contributed by atoms with Crippen LogP contribution in [0.2, 0.25) is 0 Å². The average molecular weight is 222 g/mol. The van der Waals surface area contributed by atoms with E-state index in [2.05, 4.69) is 6.58 Å². The molecule has 0 amide bonds. The molecule has 0 saturated heterocycles. The number of hydrogen-bond acceptors (Lipinski definition) is 3. The van der Waals surface area contributed by atoms with Gasteiger partial charge in [-0.3, -0.25) is 0 Å². The molecule has 0 bridgehead atoms. The molecule has 1 rings (SSSR count). The molecule has 0 saturated carbocycles. The average Bonchev–Trinajstić information content (AvgIpc) is 2.29. The summed E-state index contributed by atoms with van der Waals surface area (Å²) < 4.78 is 10.4. The van der Waals surface area contributed by atoms with Crippen LogP contribution in [0.15, 0.2) is 30.9 Å². The molecule has 1 unspecified atom stereocenters. The first-order valence-electron chi connectivity index (χ1n) is 4.79. The van der Waals surface area contributed by atoms with Crippen molar-refractivity contribution in [2.24, 2.45) is 0 Å². The van der Waals surface area contributed by atoms with Crippen molar-refractivity contribution in [3.8, 4) is 11.5 Å². The van der Waals surface area contributed by atoms with Gasteiger partial charge in [0.1, 0.15) is 23.2 Å². The van der Waals surface area contributed by atoms with Crippen LogP contribution in [0, 0.1) is 0 Å². The van der Waals surface area contributed by atoms with Gasteiger partial charge in [0.05, 0.1) is 7.11 Å². The Morgan fingerprint density at radius 3 is 2.75 bits per heavy atom. The van der Waals surface area contributed by atoms with Crippen LogP contribution >= 0.6 is 0 Å². The fourth-order valence-electron chi connectivity index (χ4n) is 1.15. The maximum Gasteiger partial charge on any atom is 0.339 e. The zero-order chi connectivity index (χ0) is 12.1. The molecule has 0 aliphatic rings. The van der Waals surface area contributed by atoms with E-state index >= 15 is 0 Å². The second-order valence-electron chi connectivity index (χ2n) is 3.23. The topological polar surface area (TPSA) is 55.8 Å². The zero-order valence-corrected chi connectivity index (χ0v) is 9.27. The van der Waals surface area contributed by atoms with E-state index in [9.17, 15) is 4.79 Å². The van der Waals surface area contributed by atoms with E-state index in [1.807, 2.05) is 0 Å². The Bertz CT molecular complexity index is 398. The van der Waals surface area contributed by atoms with Crippen molar-refractivity contribution >= 4 is 5.97 Å². The second-order valence-corrected chi connectivity index (χ2v) is 3.23. The van der Waals surface area contributed by atoms with Crippen LogP contribution in [-0.2, 0) is 0 Å². The predicted octanol–water partition coefficient (Wildman–Crippen LogP) is 2.35. The number of benzene rings is 1. The van der Waals surface area contributed by atoms with Crippen LogP contribution in [-0.4, -0.2) is 24.3 Å². The maximum atomic E-state index is 11.0. The quantitative estimate of drug-likeness (QED) is 0.777. The third-order valence-electron chi connectivity index (χ3n) is 2.06. The van der Waals surface area contributed by atoms with Gasteiger partial charge >= 0.3 is 5.97 Å². The van der Waals surface area contributed by atoms with Gasteiger partial charge < -0.3 is 14.6 Å². The molecule has 0 aliphatic heterocycles. The van der Waals surface area contributed by atoms with Crippen LogP contribution in [0.5, 0.6) is 11.5 Å². The van der Waals surface area contributed by atoms with Crippen molar-refractivity contribution in [2.45, 2.75) is 13.0 Å². The summed E-state index contributed by atoms with van der Waals surface area (Å²) in [6.45, 7) is 5.35. The molecular formula is C12H14O4. The zero-order valence-electron chi connectivity index (χ0n) is 9.27. The van der Waals surface area contributed by atoms with Crippen molar-refractivity contribution in [3.05, 3.63) is 36.4 Å². The lowest BCUT2D eigenvalue weighted by molar-refractivity contribution is 0.0691. The smallest absolute Gasteiger partial charge is 0.339 e. The van der Waals surface area contributed by atoms with Gasteiger partial charge in [-0.05, 0) is 25.1 Å². The first-order chi connectivity index (χ1) is 7.58. The minimum atomic E-state index is -1.05. The summed E-state index contributed by atoms with van der Waals surface area (Å²) in [6, 6.07) is 4.65. The van der Waals surface area contributed by atoms with Crippen LogP contribution in [0.25, 0.3) is 0 Å². The summed E-state index contributed by atoms with van der Waals surface area (Å²) in [5.41, 5.74) is 0.0769. The van der Waals surface area contributed by atoms with Crippen molar-refractivity contribution in [2.75, 3.05) is 7.11 Å². The molecule has 0 aromatic heterocycles. The van der Waals surface area contributed by atoms with Gasteiger partial charge in [-0.25, -0.2) is 4.79 Å².